The van der Waals surface area contributed by atoms with Crippen molar-refractivity contribution in [2.75, 3.05) is 25.4 Å². The number of carbonyl (C=O) groups excluding carboxylic acids is 2. The fourth-order valence-electron chi connectivity index (χ4n) is 2.30. The second kappa shape index (κ2) is 5.13. The maximum atomic E-state index is 12.5. The van der Waals surface area contributed by atoms with Crippen LogP contribution in [-0.2, 0) is 4.79 Å². The highest BCUT2D eigenvalue weighted by molar-refractivity contribution is 7.20. The number of anilines is 1. The van der Waals surface area contributed by atoms with Gasteiger partial charge in [-0.3, -0.25) is 9.59 Å². The van der Waals surface area contributed by atoms with Gasteiger partial charge in [-0.25, -0.2) is 0 Å². The summed E-state index contributed by atoms with van der Waals surface area (Å²) in [6.45, 7) is 1.37. The van der Waals surface area contributed by atoms with Crippen molar-refractivity contribution in [1.29, 1.82) is 0 Å². The Kier molecular flexibility index (Phi) is 3.31. The molecule has 0 radical (unpaired) electrons. The summed E-state index contributed by atoms with van der Waals surface area (Å²) in [6, 6.07) is 7.45. The van der Waals surface area contributed by atoms with Crippen LogP contribution in [0.3, 0.4) is 0 Å². The van der Waals surface area contributed by atoms with Crippen LogP contribution in [0.2, 0.25) is 0 Å². The molecule has 3 rings (SSSR count). The van der Waals surface area contributed by atoms with Gasteiger partial charge < -0.3 is 16.0 Å². The Bertz CT molecular complexity index is 680. The van der Waals surface area contributed by atoms with Crippen LogP contribution < -0.4 is 11.1 Å². The molecule has 1 aliphatic heterocycles. The molecule has 2 heterocycles. The van der Waals surface area contributed by atoms with Gasteiger partial charge in [0, 0.05) is 23.5 Å². The van der Waals surface area contributed by atoms with Gasteiger partial charge in [0.25, 0.3) is 5.91 Å². The summed E-state index contributed by atoms with van der Waals surface area (Å²) in [4.78, 5) is 26.3. The summed E-state index contributed by atoms with van der Waals surface area (Å²) >= 11 is 1.44. The molecule has 1 aromatic carbocycles. The number of carbonyl (C=O) groups is 2. The van der Waals surface area contributed by atoms with Crippen molar-refractivity contribution in [3.8, 4) is 0 Å². The van der Waals surface area contributed by atoms with E-state index >= 15 is 0 Å². The molecule has 1 saturated heterocycles. The van der Waals surface area contributed by atoms with Crippen LogP contribution in [0.15, 0.2) is 24.3 Å². The minimum absolute atomic E-state index is 0.0816. The molecule has 20 heavy (non-hydrogen) atoms. The van der Waals surface area contributed by atoms with Gasteiger partial charge in [-0.1, -0.05) is 0 Å². The standard InChI is InChI=1S/C14H15N3O2S/c15-10-2-3-11-9(6-10)7-12(20-11)14(19)17-5-1-4-16-13(18)8-17/h2-3,6-7H,1,4-5,8,15H2,(H,16,18). The summed E-state index contributed by atoms with van der Waals surface area (Å²) in [5.41, 5.74) is 6.43. The van der Waals surface area contributed by atoms with Crippen LogP contribution in [0.4, 0.5) is 5.69 Å². The smallest absolute Gasteiger partial charge is 0.264 e. The highest BCUT2D eigenvalue weighted by Crippen LogP contribution is 2.28. The van der Waals surface area contributed by atoms with Gasteiger partial charge in [0.2, 0.25) is 5.91 Å². The normalized spacial score (nSPS) is 16.0. The molecule has 0 unspecified atom stereocenters. The molecule has 6 heteroatoms. The predicted molar refractivity (Wildman–Crippen MR) is 79.8 cm³/mol. The Morgan fingerprint density at radius 3 is 3.05 bits per heavy atom. The van der Waals surface area contributed by atoms with Crippen molar-refractivity contribution in [3.63, 3.8) is 0 Å². The zero-order chi connectivity index (χ0) is 14.1. The first-order valence-electron chi connectivity index (χ1n) is 6.48. The number of hydrogen-bond donors (Lipinski definition) is 2. The number of nitrogens with zero attached hydrogens (tertiary/aromatic N) is 1. The molecular weight excluding hydrogens is 274 g/mol. The molecular formula is C14H15N3O2S. The second-order valence-corrected chi connectivity index (χ2v) is 5.92. The summed E-state index contributed by atoms with van der Waals surface area (Å²) in [5, 5.41) is 3.74. The van der Waals surface area contributed by atoms with Crippen molar-refractivity contribution in [2.24, 2.45) is 0 Å². The Morgan fingerprint density at radius 1 is 1.35 bits per heavy atom. The SMILES string of the molecule is Nc1ccc2sc(C(=O)N3CCCNC(=O)C3)cc2c1. The van der Waals surface area contributed by atoms with Gasteiger partial charge in [0.05, 0.1) is 11.4 Å². The van der Waals surface area contributed by atoms with E-state index in [1.807, 2.05) is 24.3 Å². The zero-order valence-electron chi connectivity index (χ0n) is 10.9. The van der Waals surface area contributed by atoms with Crippen LogP contribution in [0, 0.1) is 0 Å². The highest BCUT2D eigenvalue weighted by atomic mass is 32.1. The quantitative estimate of drug-likeness (QED) is 0.780. The molecule has 0 bridgehead atoms. The fraction of sp³-hybridized carbons (Fsp3) is 0.286. The van der Waals surface area contributed by atoms with E-state index in [1.54, 1.807) is 4.90 Å². The number of benzene rings is 1. The van der Waals surface area contributed by atoms with Gasteiger partial charge in [0.15, 0.2) is 0 Å². The molecule has 5 nitrogen and oxygen atoms in total. The van der Waals surface area contributed by atoms with E-state index in [1.165, 1.54) is 11.3 Å². The number of nitrogens with one attached hydrogen (secondary N) is 1. The van der Waals surface area contributed by atoms with E-state index in [-0.39, 0.29) is 18.4 Å². The summed E-state index contributed by atoms with van der Waals surface area (Å²) in [7, 11) is 0. The molecule has 2 amide bonds. The third-order valence-corrected chi connectivity index (χ3v) is 4.40. The lowest BCUT2D eigenvalue weighted by molar-refractivity contribution is -0.121. The minimum atomic E-state index is -0.0961. The van der Waals surface area contributed by atoms with Crippen LogP contribution in [-0.4, -0.2) is 36.3 Å². The average molecular weight is 289 g/mol. The van der Waals surface area contributed by atoms with E-state index in [9.17, 15) is 9.59 Å². The number of nitrogen functional groups attached to an aromatic ring is 1. The first-order chi connectivity index (χ1) is 9.63. The highest BCUT2D eigenvalue weighted by Gasteiger charge is 2.22. The number of thiophene rings is 1. The Balaban J connectivity index is 1.89. The molecule has 2 aromatic rings. The van der Waals surface area contributed by atoms with Crippen molar-refractivity contribution in [3.05, 3.63) is 29.1 Å². The largest absolute Gasteiger partial charge is 0.399 e. The van der Waals surface area contributed by atoms with E-state index in [0.29, 0.717) is 23.7 Å². The molecule has 3 N–H and O–H groups in total. The number of fused-ring (bicyclic) bond motifs is 1. The summed E-state index contributed by atoms with van der Waals surface area (Å²) in [5.74, 6) is -0.178. The lowest BCUT2D eigenvalue weighted by Gasteiger charge is -2.17. The van der Waals surface area contributed by atoms with Gasteiger partial charge in [-0.05, 0) is 36.1 Å². The maximum Gasteiger partial charge on any atom is 0.264 e. The molecule has 1 fully saturated rings. The van der Waals surface area contributed by atoms with Gasteiger partial charge in [-0.2, -0.15) is 0 Å². The molecule has 1 aliphatic rings. The Morgan fingerprint density at radius 2 is 2.20 bits per heavy atom. The molecule has 0 saturated carbocycles. The van der Waals surface area contributed by atoms with E-state index in [4.69, 9.17) is 5.73 Å². The topological polar surface area (TPSA) is 75.4 Å². The Labute approximate surface area is 120 Å². The predicted octanol–water partition coefficient (Wildman–Crippen LogP) is 1.45. The van der Waals surface area contributed by atoms with Crippen molar-refractivity contribution >= 4 is 38.9 Å². The van der Waals surface area contributed by atoms with Crippen molar-refractivity contribution in [2.45, 2.75) is 6.42 Å². The minimum Gasteiger partial charge on any atom is -0.399 e. The third kappa shape index (κ3) is 2.46. The maximum absolute atomic E-state index is 12.5. The number of hydrogen-bond acceptors (Lipinski definition) is 4. The summed E-state index contributed by atoms with van der Waals surface area (Å²) < 4.78 is 1.03. The van der Waals surface area contributed by atoms with E-state index in [2.05, 4.69) is 5.32 Å². The Hall–Kier alpha value is -2.08. The van der Waals surface area contributed by atoms with Crippen LogP contribution in [0.25, 0.3) is 10.1 Å². The number of amides is 2. The van der Waals surface area contributed by atoms with Crippen LogP contribution >= 0.6 is 11.3 Å². The lowest BCUT2D eigenvalue weighted by atomic mass is 10.2. The van der Waals surface area contributed by atoms with Gasteiger partial charge >= 0.3 is 0 Å². The van der Waals surface area contributed by atoms with Gasteiger partial charge in [-0.15, -0.1) is 11.3 Å². The molecule has 0 atom stereocenters. The monoisotopic (exact) mass is 289 g/mol. The molecule has 104 valence electrons. The van der Waals surface area contributed by atoms with Crippen molar-refractivity contribution < 1.29 is 9.59 Å². The van der Waals surface area contributed by atoms with Gasteiger partial charge in [0.1, 0.15) is 0 Å². The van der Waals surface area contributed by atoms with Crippen LogP contribution in [0.5, 0.6) is 0 Å². The van der Waals surface area contributed by atoms with E-state index < -0.39 is 0 Å². The van der Waals surface area contributed by atoms with Crippen LogP contribution in [0.1, 0.15) is 16.1 Å². The average Bonchev–Trinajstić information content (AvgIpc) is 2.71. The molecule has 0 aliphatic carbocycles. The first kappa shape index (κ1) is 12.9. The third-order valence-electron chi connectivity index (χ3n) is 3.30. The molecule has 1 aromatic heterocycles. The zero-order valence-corrected chi connectivity index (χ0v) is 11.7. The number of nitrogens with two attached hydrogens (primary N) is 1. The lowest BCUT2D eigenvalue weighted by Crippen LogP contribution is -2.37. The van der Waals surface area contributed by atoms with Crippen molar-refractivity contribution in [1.82, 2.24) is 10.2 Å². The van der Waals surface area contributed by atoms with E-state index in [0.717, 1.165) is 16.5 Å². The second-order valence-electron chi connectivity index (χ2n) is 4.84. The number of rotatable bonds is 1. The first-order valence-corrected chi connectivity index (χ1v) is 7.30. The summed E-state index contributed by atoms with van der Waals surface area (Å²) in [6.07, 6.45) is 0.787. The molecule has 0 spiro atoms. The fourth-order valence-corrected chi connectivity index (χ4v) is 3.31.